The molecule has 0 bridgehead atoms. The van der Waals surface area contributed by atoms with Crippen LogP contribution in [0.2, 0.25) is 0 Å². The number of amides is 1. The minimum atomic E-state index is 0.0707. The summed E-state index contributed by atoms with van der Waals surface area (Å²) in [7, 11) is 0. The number of hydrogen-bond acceptors (Lipinski definition) is 3. The Hall–Kier alpha value is -1.58. The number of carbonyl (C=O) groups excluding carboxylic acids is 1. The average Bonchev–Trinajstić information content (AvgIpc) is 3.03. The molecular weight excluding hydrogens is 192 g/mol. The van der Waals surface area contributed by atoms with Gasteiger partial charge < -0.3 is 10.1 Å². The summed E-state index contributed by atoms with van der Waals surface area (Å²) in [6.07, 6.45) is 5.97. The summed E-state index contributed by atoms with van der Waals surface area (Å²) in [6, 6.07) is 4.06. The monoisotopic (exact) mass is 206 g/mol. The average molecular weight is 206 g/mol. The molecule has 1 aromatic rings. The maximum atomic E-state index is 11.3. The van der Waals surface area contributed by atoms with Crippen LogP contribution in [0.5, 0.6) is 5.75 Å². The third-order valence-electron chi connectivity index (χ3n) is 2.17. The normalized spacial score (nSPS) is 14.7. The van der Waals surface area contributed by atoms with Crippen LogP contribution in [0.15, 0.2) is 24.5 Å². The zero-order valence-corrected chi connectivity index (χ0v) is 8.48. The van der Waals surface area contributed by atoms with Crippen LogP contribution in [-0.2, 0) is 4.79 Å². The van der Waals surface area contributed by atoms with Gasteiger partial charge >= 0.3 is 0 Å². The van der Waals surface area contributed by atoms with Gasteiger partial charge in [0.1, 0.15) is 5.75 Å². The van der Waals surface area contributed by atoms with E-state index >= 15 is 0 Å². The molecule has 1 aliphatic carbocycles. The third-order valence-corrected chi connectivity index (χ3v) is 2.17. The first-order chi connectivity index (χ1) is 7.34. The molecule has 0 aliphatic heterocycles. The second kappa shape index (κ2) is 4.77. The minimum Gasteiger partial charge on any atom is -0.491 e. The fourth-order valence-electron chi connectivity index (χ4n) is 1.22. The molecule has 1 aliphatic rings. The molecule has 1 N–H and O–H groups in total. The van der Waals surface area contributed by atoms with E-state index in [1.54, 1.807) is 18.5 Å². The molecule has 0 spiro atoms. The van der Waals surface area contributed by atoms with Crippen LogP contribution in [0.1, 0.15) is 19.3 Å². The highest BCUT2D eigenvalue weighted by Gasteiger charge is 2.22. The van der Waals surface area contributed by atoms with Gasteiger partial charge in [0, 0.05) is 12.2 Å². The van der Waals surface area contributed by atoms with Gasteiger partial charge in [0.05, 0.1) is 19.2 Å². The van der Waals surface area contributed by atoms with E-state index in [9.17, 15) is 4.79 Å². The summed E-state index contributed by atoms with van der Waals surface area (Å²) in [5.74, 6) is 0.776. The molecule has 15 heavy (non-hydrogen) atoms. The fourth-order valence-corrected chi connectivity index (χ4v) is 1.22. The molecule has 1 heterocycles. The van der Waals surface area contributed by atoms with Gasteiger partial charge in [0.2, 0.25) is 5.91 Å². The fraction of sp³-hybridized carbons (Fsp3) is 0.455. The Morgan fingerprint density at radius 3 is 3.13 bits per heavy atom. The molecule has 80 valence electrons. The highest BCUT2D eigenvalue weighted by molar-refractivity contribution is 5.76. The Morgan fingerprint density at radius 2 is 2.47 bits per heavy atom. The Kier molecular flexibility index (Phi) is 3.17. The number of ether oxygens (including phenoxy) is 1. The van der Waals surface area contributed by atoms with E-state index in [1.807, 2.05) is 6.07 Å². The van der Waals surface area contributed by atoms with E-state index < -0.39 is 0 Å². The van der Waals surface area contributed by atoms with Crippen molar-refractivity contribution in [1.82, 2.24) is 10.3 Å². The highest BCUT2D eigenvalue weighted by Crippen LogP contribution is 2.18. The number of hydrogen-bond donors (Lipinski definition) is 1. The van der Waals surface area contributed by atoms with Crippen molar-refractivity contribution in [2.45, 2.75) is 25.3 Å². The first-order valence-electron chi connectivity index (χ1n) is 5.17. The van der Waals surface area contributed by atoms with Gasteiger partial charge in [-0.3, -0.25) is 9.78 Å². The summed E-state index contributed by atoms with van der Waals surface area (Å²) in [5.41, 5.74) is 0. The largest absolute Gasteiger partial charge is 0.491 e. The highest BCUT2D eigenvalue weighted by atomic mass is 16.5. The lowest BCUT2D eigenvalue weighted by Gasteiger charge is -2.05. The maximum absolute atomic E-state index is 11.3. The number of aromatic nitrogens is 1. The van der Waals surface area contributed by atoms with Gasteiger partial charge in [0.25, 0.3) is 0 Å². The lowest BCUT2D eigenvalue weighted by atomic mass is 10.4. The van der Waals surface area contributed by atoms with Crippen LogP contribution in [0.25, 0.3) is 0 Å². The first kappa shape index (κ1) is 9.96. The molecule has 4 nitrogen and oxygen atoms in total. The molecule has 1 amide bonds. The standard InChI is InChI=1S/C11H14N2O2/c14-11(13-9-3-4-9)5-7-15-10-2-1-6-12-8-10/h1-2,6,8-9H,3-5,7H2,(H,13,14). The first-order valence-corrected chi connectivity index (χ1v) is 5.17. The van der Waals surface area contributed by atoms with Crippen molar-refractivity contribution in [2.75, 3.05) is 6.61 Å². The number of rotatable bonds is 5. The van der Waals surface area contributed by atoms with Gasteiger partial charge in [-0.05, 0) is 25.0 Å². The zero-order valence-electron chi connectivity index (χ0n) is 8.48. The molecule has 0 radical (unpaired) electrons. The topological polar surface area (TPSA) is 51.2 Å². The summed E-state index contributed by atoms with van der Waals surface area (Å²) < 4.78 is 5.36. The predicted molar refractivity (Wildman–Crippen MR) is 55.5 cm³/mol. The minimum absolute atomic E-state index is 0.0707. The lowest BCUT2D eigenvalue weighted by molar-refractivity contribution is -0.121. The Labute approximate surface area is 88.7 Å². The van der Waals surface area contributed by atoms with Crippen LogP contribution in [0, 0.1) is 0 Å². The molecule has 0 saturated heterocycles. The van der Waals surface area contributed by atoms with E-state index in [2.05, 4.69) is 10.3 Å². The second-order valence-corrected chi connectivity index (χ2v) is 3.63. The number of nitrogens with zero attached hydrogens (tertiary/aromatic N) is 1. The SMILES string of the molecule is O=C(CCOc1cccnc1)NC1CC1. The smallest absolute Gasteiger partial charge is 0.223 e. The van der Waals surface area contributed by atoms with Crippen LogP contribution in [-0.4, -0.2) is 23.5 Å². The van der Waals surface area contributed by atoms with Gasteiger partial charge in [-0.2, -0.15) is 0 Å². The number of carbonyl (C=O) groups is 1. The second-order valence-electron chi connectivity index (χ2n) is 3.63. The summed E-state index contributed by atoms with van der Waals surface area (Å²) in [4.78, 5) is 15.2. The molecule has 2 rings (SSSR count). The van der Waals surface area contributed by atoms with Crippen molar-refractivity contribution in [3.8, 4) is 5.75 Å². The Balaban J connectivity index is 1.63. The Bertz CT molecular complexity index is 323. The van der Waals surface area contributed by atoms with Crippen molar-refractivity contribution in [3.63, 3.8) is 0 Å². The quantitative estimate of drug-likeness (QED) is 0.785. The van der Waals surface area contributed by atoms with Gasteiger partial charge in [-0.25, -0.2) is 0 Å². The zero-order chi connectivity index (χ0) is 10.5. The molecule has 1 fully saturated rings. The van der Waals surface area contributed by atoms with Gasteiger partial charge in [-0.15, -0.1) is 0 Å². The van der Waals surface area contributed by atoms with E-state index in [1.165, 1.54) is 0 Å². The van der Waals surface area contributed by atoms with E-state index in [4.69, 9.17) is 4.74 Å². The van der Waals surface area contributed by atoms with Crippen molar-refractivity contribution >= 4 is 5.91 Å². The van der Waals surface area contributed by atoms with Crippen LogP contribution < -0.4 is 10.1 Å². The molecular formula is C11H14N2O2. The summed E-state index contributed by atoms with van der Waals surface area (Å²) >= 11 is 0. The van der Waals surface area contributed by atoms with Gasteiger partial charge in [0.15, 0.2) is 0 Å². The summed E-state index contributed by atoms with van der Waals surface area (Å²) in [5, 5.41) is 2.91. The van der Waals surface area contributed by atoms with Crippen molar-refractivity contribution < 1.29 is 9.53 Å². The maximum Gasteiger partial charge on any atom is 0.223 e. The Morgan fingerprint density at radius 1 is 1.60 bits per heavy atom. The molecule has 1 aromatic heterocycles. The van der Waals surface area contributed by atoms with Gasteiger partial charge in [-0.1, -0.05) is 0 Å². The number of pyridine rings is 1. The molecule has 4 heteroatoms. The third kappa shape index (κ3) is 3.58. The lowest BCUT2D eigenvalue weighted by Crippen LogP contribution is -2.26. The molecule has 0 unspecified atom stereocenters. The molecule has 0 aromatic carbocycles. The van der Waals surface area contributed by atoms with Crippen molar-refractivity contribution in [2.24, 2.45) is 0 Å². The predicted octanol–water partition coefficient (Wildman–Crippen LogP) is 1.13. The van der Waals surface area contributed by atoms with E-state index in [-0.39, 0.29) is 5.91 Å². The molecule has 0 atom stereocenters. The van der Waals surface area contributed by atoms with E-state index in [0.717, 1.165) is 12.8 Å². The van der Waals surface area contributed by atoms with Crippen LogP contribution in [0.4, 0.5) is 0 Å². The van der Waals surface area contributed by atoms with Crippen LogP contribution >= 0.6 is 0 Å². The van der Waals surface area contributed by atoms with E-state index in [0.29, 0.717) is 24.8 Å². The van der Waals surface area contributed by atoms with Crippen LogP contribution in [0.3, 0.4) is 0 Å². The van der Waals surface area contributed by atoms with Crippen molar-refractivity contribution in [1.29, 1.82) is 0 Å². The number of nitrogens with one attached hydrogen (secondary N) is 1. The molecule has 1 saturated carbocycles. The summed E-state index contributed by atoms with van der Waals surface area (Å²) in [6.45, 7) is 0.407. The van der Waals surface area contributed by atoms with Crippen molar-refractivity contribution in [3.05, 3.63) is 24.5 Å².